The van der Waals surface area contributed by atoms with Gasteiger partial charge in [-0.25, -0.2) is 14.4 Å². The normalized spacial score (nSPS) is 22.3. The zero-order valence-corrected chi connectivity index (χ0v) is 13.8. The van der Waals surface area contributed by atoms with Crippen molar-refractivity contribution >= 4 is 18.1 Å². The van der Waals surface area contributed by atoms with E-state index in [0.29, 0.717) is 26.1 Å². The Morgan fingerprint density at radius 1 is 1.17 bits per heavy atom. The number of nitrogens with zero attached hydrogens (tertiary/aromatic N) is 4. The molecule has 0 aliphatic carbocycles. The highest BCUT2D eigenvalue weighted by atomic mass is 16.5. The first-order valence-electron chi connectivity index (χ1n) is 8.50. The van der Waals surface area contributed by atoms with Gasteiger partial charge in [0, 0.05) is 13.0 Å². The first kappa shape index (κ1) is 18.1. The summed E-state index contributed by atoms with van der Waals surface area (Å²) in [6, 6.07) is -0.475. The summed E-state index contributed by atoms with van der Waals surface area (Å²) in [6.07, 6.45) is 8.96. The number of carbonyl (C=O) groups is 2. The Morgan fingerprint density at radius 3 is 2.62 bits per heavy atom. The summed E-state index contributed by atoms with van der Waals surface area (Å²) in [6.45, 7) is 1.23. The lowest BCUT2D eigenvalue weighted by molar-refractivity contribution is -0.825. The molecule has 1 spiro atoms. The SMILES string of the molecule is N#COCCCCCCN1C(=O)[N+]2(CCCCCC2N=C=O)C1=O. The molecule has 0 aromatic carbocycles. The van der Waals surface area contributed by atoms with E-state index in [1.807, 2.05) is 0 Å². The predicted octanol–water partition coefficient (Wildman–Crippen LogP) is 2.65. The van der Waals surface area contributed by atoms with Crippen LogP contribution >= 0.6 is 0 Å². The van der Waals surface area contributed by atoms with Gasteiger partial charge in [-0.05, 0) is 38.5 Å². The highest BCUT2D eigenvalue weighted by Gasteiger charge is 2.66. The number of rotatable bonds is 8. The van der Waals surface area contributed by atoms with Crippen LogP contribution in [0.25, 0.3) is 0 Å². The molecule has 2 saturated heterocycles. The number of isocyanates is 1. The Labute approximate surface area is 141 Å². The van der Waals surface area contributed by atoms with Crippen LogP contribution in [0, 0.1) is 11.5 Å². The number of nitriles is 1. The van der Waals surface area contributed by atoms with Gasteiger partial charge in [0.05, 0.1) is 6.54 Å². The van der Waals surface area contributed by atoms with Gasteiger partial charge >= 0.3 is 12.1 Å². The molecule has 1 unspecified atom stereocenters. The molecule has 1 atom stereocenters. The molecule has 0 radical (unpaired) electrons. The fourth-order valence-electron chi connectivity index (χ4n) is 3.49. The third-order valence-electron chi connectivity index (χ3n) is 4.77. The maximum atomic E-state index is 12.6. The summed E-state index contributed by atoms with van der Waals surface area (Å²) in [5, 5.41) is 8.25. The number of quaternary nitrogens is 1. The van der Waals surface area contributed by atoms with Crippen molar-refractivity contribution in [3.63, 3.8) is 0 Å². The Kier molecular flexibility index (Phi) is 6.47. The number of imide groups is 2. The minimum absolute atomic E-state index is 0.237. The van der Waals surface area contributed by atoms with Crippen LogP contribution in [0.5, 0.6) is 0 Å². The molecule has 8 nitrogen and oxygen atoms in total. The van der Waals surface area contributed by atoms with E-state index in [2.05, 4.69) is 9.73 Å². The van der Waals surface area contributed by atoms with Crippen LogP contribution in [-0.4, -0.2) is 53.4 Å². The molecular weight excluding hydrogens is 312 g/mol. The average molecular weight is 335 g/mol. The van der Waals surface area contributed by atoms with E-state index in [0.717, 1.165) is 44.9 Å². The van der Waals surface area contributed by atoms with Gasteiger partial charge in [-0.1, -0.05) is 6.42 Å². The molecule has 0 aromatic rings. The first-order valence-corrected chi connectivity index (χ1v) is 8.50. The molecule has 2 rings (SSSR count). The van der Waals surface area contributed by atoms with E-state index in [1.54, 1.807) is 6.26 Å². The molecule has 130 valence electrons. The lowest BCUT2D eigenvalue weighted by atomic mass is 10.1. The molecule has 8 heteroatoms. The third-order valence-corrected chi connectivity index (χ3v) is 4.77. The van der Waals surface area contributed by atoms with Gasteiger partial charge in [0.15, 0.2) is 0 Å². The highest BCUT2D eigenvalue weighted by Crippen LogP contribution is 2.36. The summed E-state index contributed by atoms with van der Waals surface area (Å²) in [7, 11) is 0. The third kappa shape index (κ3) is 3.48. The van der Waals surface area contributed by atoms with Crippen LogP contribution in [0.3, 0.4) is 0 Å². The Hall–Kier alpha value is -2.23. The van der Waals surface area contributed by atoms with Gasteiger partial charge in [0.25, 0.3) is 6.26 Å². The van der Waals surface area contributed by atoms with Crippen molar-refractivity contribution < 1.29 is 23.6 Å². The fourth-order valence-corrected chi connectivity index (χ4v) is 3.49. The van der Waals surface area contributed by atoms with Crippen LogP contribution in [0.2, 0.25) is 0 Å². The van der Waals surface area contributed by atoms with Crippen molar-refractivity contribution in [2.45, 2.75) is 57.5 Å². The van der Waals surface area contributed by atoms with Gasteiger partial charge < -0.3 is 4.74 Å². The van der Waals surface area contributed by atoms with Crippen LogP contribution in [0.15, 0.2) is 4.99 Å². The first-order chi connectivity index (χ1) is 11.7. The number of aliphatic imine (C=N–C) groups is 1. The Morgan fingerprint density at radius 2 is 1.92 bits per heavy atom. The van der Waals surface area contributed by atoms with E-state index in [9.17, 15) is 14.4 Å². The van der Waals surface area contributed by atoms with Gasteiger partial charge in [-0.2, -0.15) is 10.2 Å². The molecule has 2 aliphatic heterocycles. The molecule has 2 aliphatic rings. The molecule has 2 heterocycles. The topological polar surface area (TPSA) is 99.8 Å². The van der Waals surface area contributed by atoms with Crippen molar-refractivity contribution in [3.05, 3.63) is 0 Å². The van der Waals surface area contributed by atoms with Crippen molar-refractivity contribution in [1.29, 1.82) is 5.26 Å². The van der Waals surface area contributed by atoms with Crippen LogP contribution < -0.4 is 0 Å². The van der Waals surface area contributed by atoms with Crippen LogP contribution in [0.4, 0.5) is 9.59 Å². The molecular formula is C16H23N4O4+. The maximum Gasteiger partial charge on any atom is 0.441 e. The minimum atomic E-state index is -0.607. The highest BCUT2D eigenvalue weighted by molar-refractivity contribution is 6.02. The second-order valence-corrected chi connectivity index (χ2v) is 6.21. The predicted molar refractivity (Wildman–Crippen MR) is 83.0 cm³/mol. The van der Waals surface area contributed by atoms with Crippen LogP contribution in [-0.2, 0) is 9.53 Å². The summed E-state index contributed by atoms with van der Waals surface area (Å²) < 4.78 is 4.26. The maximum absolute atomic E-state index is 12.6. The molecule has 4 amide bonds. The summed E-state index contributed by atoms with van der Waals surface area (Å²) in [5.41, 5.74) is 0. The van der Waals surface area contributed by atoms with Gasteiger partial charge in [0.1, 0.15) is 6.61 Å². The number of hydrogen-bond acceptors (Lipinski definition) is 6. The fraction of sp³-hybridized carbons (Fsp3) is 0.750. The number of carbonyl (C=O) groups excluding carboxylic acids is 3. The smallest absolute Gasteiger partial charge is 0.428 e. The van der Waals surface area contributed by atoms with Crippen molar-refractivity contribution in [3.8, 4) is 6.26 Å². The van der Waals surface area contributed by atoms with Gasteiger partial charge in [0.2, 0.25) is 12.2 Å². The summed E-state index contributed by atoms with van der Waals surface area (Å²) in [4.78, 5) is 40.9. The van der Waals surface area contributed by atoms with Crippen LogP contribution in [0.1, 0.15) is 51.4 Å². The zero-order chi connectivity index (χ0) is 17.4. The quantitative estimate of drug-likeness (QED) is 0.223. The molecule has 0 aromatic heterocycles. The number of urea groups is 2. The van der Waals surface area contributed by atoms with Crippen molar-refractivity contribution in [1.82, 2.24) is 4.90 Å². The van der Waals surface area contributed by atoms with Gasteiger partial charge in [-0.3, -0.25) is 0 Å². The minimum Gasteiger partial charge on any atom is -0.428 e. The Bertz CT molecular complexity index is 549. The molecule has 0 N–H and O–H groups in total. The van der Waals surface area contributed by atoms with E-state index in [1.165, 1.54) is 11.0 Å². The lowest BCUT2D eigenvalue weighted by Crippen LogP contribution is -2.79. The molecule has 0 saturated carbocycles. The second-order valence-electron chi connectivity index (χ2n) is 6.21. The number of amides is 4. The number of hydrogen-bond donors (Lipinski definition) is 0. The monoisotopic (exact) mass is 335 g/mol. The van der Waals surface area contributed by atoms with E-state index < -0.39 is 6.17 Å². The molecule has 2 fully saturated rings. The van der Waals surface area contributed by atoms with Crippen molar-refractivity contribution in [2.75, 3.05) is 19.7 Å². The zero-order valence-electron chi connectivity index (χ0n) is 13.8. The summed E-state index contributed by atoms with van der Waals surface area (Å²) in [5.74, 6) is 0. The van der Waals surface area contributed by atoms with E-state index >= 15 is 0 Å². The average Bonchev–Trinajstić information content (AvgIpc) is 2.81. The Balaban J connectivity index is 1.86. The molecule has 0 bridgehead atoms. The standard InChI is InChI=1S/C16H23N4O4/c17-12-24-11-7-2-1-5-9-19-15(22)20(16(19)23)10-6-3-4-8-14(20)18-13-21/h14H,1-11H2/q+1. The lowest BCUT2D eigenvalue weighted by Gasteiger charge is -2.46. The second kappa shape index (κ2) is 8.57. The van der Waals surface area contributed by atoms with Crippen molar-refractivity contribution in [2.24, 2.45) is 4.99 Å². The number of ether oxygens (including phenoxy) is 1. The van der Waals surface area contributed by atoms with E-state index in [-0.39, 0.29) is 16.5 Å². The largest absolute Gasteiger partial charge is 0.441 e. The van der Waals surface area contributed by atoms with Gasteiger partial charge in [-0.15, -0.1) is 9.48 Å². The molecule has 24 heavy (non-hydrogen) atoms. The van der Waals surface area contributed by atoms with E-state index in [4.69, 9.17) is 5.26 Å². The summed E-state index contributed by atoms with van der Waals surface area (Å²) >= 11 is 0. The number of unbranched alkanes of at least 4 members (excludes halogenated alkanes) is 3.